The number of anilines is 1. The Morgan fingerprint density at radius 3 is 2.65 bits per heavy atom. The molecule has 4 aromatic rings. The molecule has 0 saturated heterocycles. The molecule has 2 N–H and O–H groups in total. The highest BCUT2D eigenvalue weighted by Crippen LogP contribution is 2.62. The Morgan fingerprint density at radius 2 is 1.94 bits per heavy atom. The summed E-state index contributed by atoms with van der Waals surface area (Å²) < 4.78 is 42.0. The predicted molar refractivity (Wildman–Crippen MR) is 128 cm³/mol. The summed E-state index contributed by atoms with van der Waals surface area (Å²) in [5.74, 6) is 0.147. The van der Waals surface area contributed by atoms with Crippen molar-refractivity contribution in [2.75, 3.05) is 12.8 Å². The topological polar surface area (TPSA) is 76.5 Å². The van der Waals surface area contributed by atoms with Crippen LogP contribution in [0.5, 0.6) is 0 Å². The van der Waals surface area contributed by atoms with Gasteiger partial charge >= 0.3 is 0 Å². The monoisotopic (exact) mass is 487 g/mol. The molecule has 0 spiro atoms. The molecule has 0 radical (unpaired) electrons. The zero-order chi connectivity index (χ0) is 24.6. The van der Waals surface area contributed by atoms with Crippen LogP contribution >= 0.6 is 11.2 Å². The van der Waals surface area contributed by atoms with Gasteiger partial charge in [-0.05, 0) is 59.7 Å². The molecular formula is C24H24F3N5OS. The van der Waals surface area contributed by atoms with Gasteiger partial charge in [0.15, 0.2) is 0 Å². The molecule has 34 heavy (non-hydrogen) atoms. The number of nitrogens with two attached hydrogens (primary N) is 1. The molecule has 1 atom stereocenters. The molecule has 2 aromatic heterocycles. The van der Waals surface area contributed by atoms with Crippen LogP contribution in [-0.4, -0.2) is 32.2 Å². The summed E-state index contributed by atoms with van der Waals surface area (Å²) in [5, 5.41) is 0. The Hall–Kier alpha value is -3.27. The van der Waals surface area contributed by atoms with Crippen molar-refractivity contribution in [3.63, 3.8) is 0 Å². The molecule has 5 rings (SSSR count). The molecule has 0 aliphatic heterocycles. The number of hydrogen-bond donors (Lipinski definition) is 1. The number of aryl methyl sites for hydroxylation is 1. The van der Waals surface area contributed by atoms with E-state index in [1.165, 1.54) is 12.1 Å². The lowest BCUT2D eigenvalue weighted by Gasteiger charge is -2.27. The normalized spacial score (nSPS) is 17.8. The van der Waals surface area contributed by atoms with Crippen LogP contribution in [0.1, 0.15) is 53.4 Å². The van der Waals surface area contributed by atoms with Crippen LogP contribution in [0.2, 0.25) is 0 Å². The number of rotatable bonds is 3. The summed E-state index contributed by atoms with van der Waals surface area (Å²) in [6.45, 7) is 5.68. The number of amides is 1. The lowest BCUT2D eigenvalue weighted by atomic mass is 9.86. The molecule has 0 fully saturated rings. The molecule has 1 aliphatic carbocycles. The van der Waals surface area contributed by atoms with E-state index in [1.807, 2.05) is 26.8 Å². The third-order valence-corrected chi connectivity index (χ3v) is 7.61. The summed E-state index contributed by atoms with van der Waals surface area (Å²) >= 11 is -5.32. The Morgan fingerprint density at radius 1 is 1.21 bits per heavy atom. The maximum atomic E-state index is 13.7. The van der Waals surface area contributed by atoms with Crippen molar-refractivity contribution in [1.29, 1.82) is 0 Å². The average molecular weight is 488 g/mol. The molecule has 0 bridgehead atoms. The second kappa shape index (κ2) is 7.36. The van der Waals surface area contributed by atoms with E-state index < -0.39 is 21.5 Å². The molecule has 2 aromatic carbocycles. The highest BCUT2D eigenvalue weighted by Gasteiger charge is 2.41. The molecule has 0 unspecified atom stereocenters. The molecule has 1 aliphatic rings. The third-order valence-electron chi connectivity index (χ3n) is 6.82. The fraction of sp³-hybridized carbons (Fsp3) is 0.292. The summed E-state index contributed by atoms with van der Waals surface area (Å²) in [6, 6.07) is 7.19. The van der Waals surface area contributed by atoms with Gasteiger partial charge in [-0.1, -0.05) is 19.9 Å². The maximum absolute atomic E-state index is 13.7. The fourth-order valence-corrected chi connectivity index (χ4v) is 5.47. The number of aromatic nitrogens is 3. The van der Waals surface area contributed by atoms with E-state index in [0.29, 0.717) is 39.9 Å². The van der Waals surface area contributed by atoms with Crippen molar-refractivity contribution in [3.8, 4) is 0 Å². The molecule has 6 nitrogen and oxygen atoms in total. The lowest BCUT2D eigenvalue weighted by Crippen LogP contribution is -2.31. The van der Waals surface area contributed by atoms with Crippen LogP contribution in [0.3, 0.4) is 0 Å². The van der Waals surface area contributed by atoms with Crippen LogP contribution in [0, 0.1) is 6.92 Å². The van der Waals surface area contributed by atoms with Gasteiger partial charge in [-0.25, -0.2) is 9.97 Å². The molecule has 10 heteroatoms. The number of carbonyl (C=O) groups excluding carboxylic acids is 1. The van der Waals surface area contributed by atoms with Gasteiger partial charge in [0.1, 0.15) is 11.3 Å². The van der Waals surface area contributed by atoms with E-state index in [0.717, 1.165) is 17.2 Å². The first-order valence-electron chi connectivity index (χ1n) is 10.7. The number of imidazole rings is 1. The molecule has 0 saturated carbocycles. The Kier molecular flexibility index (Phi) is 4.88. The van der Waals surface area contributed by atoms with Crippen LogP contribution in [0.4, 0.5) is 17.5 Å². The zero-order valence-electron chi connectivity index (χ0n) is 19.1. The molecule has 178 valence electrons. The van der Waals surface area contributed by atoms with E-state index in [1.54, 1.807) is 34.9 Å². The van der Waals surface area contributed by atoms with Gasteiger partial charge in [-0.3, -0.25) is 9.20 Å². The minimum atomic E-state index is -5.32. The van der Waals surface area contributed by atoms with Gasteiger partial charge in [-0.15, -0.1) is 11.7 Å². The van der Waals surface area contributed by atoms with E-state index in [-0.39, 0.29) is 11.9 Å². The van der Waals surface area contributed by atoms with Gasteiger partial charge in [0, 0.05) is 12.6 Å². The van der Waals surface area contributed by atoms with E-state index in [2.05, 4.69) is 9.97 Å². The highest BCUT2D eigenvalue weighted by molar-refractivity contribution is 8.20. The Balaban J connectivity index is 1.57. The second-order valence-corrected chi connectivity index (χ2v) is 10.8. The van der Waals surface area contributed by atoms with Gasteiger partial charge < -0.3 is 10.6 Å². The standard InChI is InChI=1S/C24H24F3N5OS/c1-13-7-18-19(32-12-29-11-21(32)22(28)30-18)9-16(13)23(33)31(4)20-10-24(2,3)17-8-14(34(25,26)27)5-6-15(17)20/h5-9,11-12,20H,10H2,1-4H3,(H2,28,30)/t20-/m1/s1. The third kappa shape index (κ3) is 3.39. The molecule has 2 heterocycles. The highest BCUT2D eigenvalue weighted by atomic mass is 32.3. The number of hydrogen-bond acceptors (Lipinski definition) is 4. The van der Waals surface area contributed by atoms with Crippen LogP contribution < -0.4 is 5.73 Å². The maximum Gasteiger partial charge on any atom is 0.254 e. The van der Waals surface area contributed by atoms with Crippen molar-refractivity contribution >= 4 is 39.5 Å². The predicted octanol–water partition coefficient (Wildman–Crippen LogP) is 6.08. The number of halogens is 3. The number of nitrogen functional groups attached to an aromatic ring is 1. The fourth-order valence-electron chi connectivity index (χ4n) is 4.99. The Bertz CT molecular complexity index is 1480. The zero-order valence-corrected chi connectivity index (χ0v) is 20.0. The summed E-state index contributed by atoms with van der Waals surface area (Å²) in [7, 11) is 1.71. The van der Waals surface area contributed by atoms with Crippen molar-refractivity contribution in [3.05, 3.63) is 65.1 Å². The smallest absolute Gasteiger partial charge is 0.254 e. The van der Waals surface area contributed by atoms with Gasteiger partial charge in [0.2, 0.25) is 11.2 Å². The number of benzene rings is 2. The van der Waals surface area contributed by atoms with Gasteiger partial charge in [0.05, 0.1) is 34.5 Å². The minimum Gasteiger partial charge on any atom is -0.382 e. The second-order valence-electron chi connectivity index (χ2n) is 9.48. The summed E-state index contributed by atoms with van der Waals surface area (Å²) in [5.41, 5.74) is 10.2. The number of fused-ring (bicyclic) bond motifs is 4. The van der Waals surface area contributed by atoms with Crippen molar-refractivity contribution in [2.45, 2.75) is 43.5 Å². The number of carbonyl (C=O) groups is 1. The van der Waals surface area contributed by atoms with Crippen LogP contribution in [0.15, 0.2) is 47.8 Å². The average Bonchev–Trinajstić information content (AvgIpc) is 3.35. The summed E-state index contributed by atoms with van der Waals surface area (Å²) in [4.78, 5) is 23.3. The van der Waals surface area contributed by atoms with Crippen molar-refractivity contribution in [1.82, 2.24) is 19.3 Å². The first kappa shape index (κ1) is 22.5. The quantitative estimate of drug-likeness (QED) is 0.380. The van der Waals surface area contributed by atoms with E-state index >= 15 is 0 Å². The van der Waals surface area contributed by atoms with Crippen molar-refractivity contribution in [2.24, 2.45) is 0 Å². The Labute approximate surface area is 196 Å². The van der Waals surface area contributed by atoms with Gasteiger partial charge in [-0.2, -0.15) is 0 Å². The first-order chi connectivity index (χ1) is 15.9. The first-order valence-corrected chi connectivity index (χ1v) is 12.1. The van der Waals surface area contributed by atoms with Crippen LogP contribution in [-0.2, 0) is 5.41 Å². The van der Waals surface area contributed by atoms with Crippen molar-refractivity contribution < 1.29 is 16.5 Å². The van der Waals surface area contributed by atoms with E-state index in [9.17, 15) is 16.5 Å². The largest absolute Gasteiger partial charge is 0.382 e. The molecular weight excluding hydrogens is 463 g/mol. The SMILES string of the molecule is Cc1cc2nc(N)c3cncn3c2cc1C(=O)N(C)[C@@H]1CC(C)(C)c2cc(S(F)(F)F)ccc21. The minimum absolute atomic E-state index is 0.205. The van der Waals surface area contributed by atoms with Crippen LogP contribution in [0.25, 0.3) is 16.6 Å². The van der Waals surface area contributed by atoms with E-state index in [4.69, 9.17) is 5.73 Å². The lowest BCUT2D eigenvalue weighted by molar-refractivity contribution is 0.0720. The number of nitrogens with zero attached hydrogens (tertiary/aromatic N) is 4. The van der Waals surface area contributed by atoms with Gasteiger partial charge in [0.25, 0.3) is 5.91 Å². The summed E-state index contributed by atoms with van der Waals surface area (Å²) in [6.07, 6.45) is 3.78. The molecule has 1 amide bonds.